The van der Waals surface area contributed by atoms with Crippen LogP contribution in [0.15, 0.2) is 77.9 Å². The first-order valence-corrected chi connectivity index (χ1v) is 9.85. The molecule has 0 atom stereocenters. The van der Waals surface area contributed by atoms with Crippen LogP contribution in [0, 0.1) is 5.82 Å². The van der Waals surface area contributed by atoms with Crippen molar-refractivity contribution >= 4 is 16.6 Å². The predicted molar refractivity (Wildman–Crippen MR) is 115 cm³/mol. The van der Waals surface area contributed by atoms with E-state index in [1.165, 1.54) is 12.1 Å². The molecule has 148 valence electrons. The molecule has 0 amide bonds. The molecule has 0 saturated carbocycles. The van der Waals surface area contributed by atoms with Crippen molar-refractivity contribution in [2.75, 3.05) is 0 Å². The standard InChI is InChI=1S/C24H19FN4O/c1-2-20-22(17-8-10-18(25)11-9-17)23-26-14-19-21(29(23)27-20)12-13-28(24(19)30)15-16-6-4-3-5-7-16/h3-14H,2,15H2,1H3. The number of aromatic nitrogens is 4. The topological polar surface area (TPSA) is 52.2 Å². The van der Waals surface area contributed by atoms with Crippen molar-refractivity contribution in [3.63, 3.8) is 0 Å². The summed E-state index contributed by atoms with van der Waals surface area (Å²) < 4.78 is 16.8. The van der Waals surface area contributed by atoms with E-state index in [-0.39, 0.29) is 11.4 Å². The quantitative estimate of drug-likeness (QED) is 0.449. The second kappa shape index (κ2) is 7.22. The number of hydrogen-bond donors (Lipinski definition) is 0. The molecule has 0 spiro atoms. The van der Waals surface area contributed by atoms with Gasteiger partial charge in [0.2, 0.25) is 0 Å². The Balaban J connectivity index is 1.70. The summed E-state index contributed by atoms with van der Waals surface area (Å²) >= 11 is 0. The number of pyridine rings is 1. The van der Waals surface area contributed by atoms with Gasteiger partial charge in [-0.2, -0.15) is 5.10 Å². The molecule has 6 heteroatoms. The minimum absolute atomic E-state index is 0.109. The molecule has 0 radical (unpaired) electrons. The van der Waals surface area contributed by atoms with Gasteiger partial charge in [0.05, 0.1) is 23.1 Å². The van der Waals surface area contributed by atoms with Crippen LogP contribution in [0.1, 0.15) is 18.2 Å². The van der Waals surface area contributed by atoms with Gasteiger partial charge in [-0.3, -0.25) is 4.79 Å². The van der Waals surface area contributed by atoms with Gasteiger partial charge >= 0.3 is 0 Å². The van der Waals surface area contributed by atoms with Gasteiger partial charge in [0.15, 0.2) is 5.65 Å². The van der Waals surface area contributed by atoms with Gasteiger partial charge in [0, 0.05) is 18.0 Å². The van der Waals surface area contributed by atoms with Crippen LogP contribution in [0.4, 0.5) is 4.39 Å². The van der Waals surface area contributed by atoms with E-state index in [4.69, 9.17) is 5.10 Å². The summed E-state index contributed by atoms with van der Waals surface area (Å²) in [6.45, 7) is 2.51. The monoisotopic (exact) mass is 398 g/mol. The highest BCUT2D eigenvalue weighted by Gasteiger charge is 2.17. The van der Waals surface area contributed by atoms with Crippen molar-refractivity contribution in [3.05, 3.63) is 100 Å². The number of halogens is 1. The van der Waals surface area contributed by atoms with Crippen molar-refractivity contribution in [3.8, 4) is 11.1 Å². The van der Waals surface area contributed by atoms with E-state index in [9.17, 15) is 9.18 Å². The molecule has 0 aliphatic heterocycles. The third-order valence-electron chi connectivity index (χ3n) is 5.32. The van der Waals surface area contributed by atoms with E-state index in [2.05, 4.69) is 4.98 Å². The molecule has 30 heavy (non-hydrogen) atoms. The molecular formula is C24H19FN4O. The molecule has 0 saturated heterocycles. The Morgan fingerprint density at radius 1 is 1.00 bits per heavy atom. The van der Waals surface area contributed by atoms with E-state index in [0.29, 0.717) is 29.5 Å². The van der Waals surface area contributed by atoms with Gasteiger partial charge < -0.3 is 4.57 Å². The Labute approximate surface area is 172 Å². The first-order valence-electron chi connectivity index (χ1n) is 9.85. The van der Waals surface area contributed by atoms with Gasteiger partial charge in [-0.05, 0) is 35.7 Å². The van der Waals surface area contributed by atoms with Crippen LogP contribution >= 0.6 is 0 Å². The number of benzene rings is 2. The lowest BCUT2D eigenvalue weighted by Gasteiger charge is -2.08. The first-order chi connectivity index (χ1) is 14.7. The molecule has 0 aliphatic rings. The Morgan fingerprint density at radius 2 is 1.77 bits per heavy atom. The van der Waals surface area contributed by atoms with E-state index >= 15 is 0 Å². The average Bonchev–Trinajstić information content (AvgIpc) is 3.16. The van der Waals surface area contributed by atoms with Crippen molar-refractivity contribution in [2.45, 2.75) is 19.9 Å². The summed E-state index contributed by atoms with van der Waals surface area (Å²) in [6, 6.07) is 18.1. The third kappa shape index (κ3) is 2.97. The zero-order valence-corrected chi connectivity index (χ0v) is 16.4. The van der Waals surface area contributed by atoms with Crippen LogP contribution < -0.4 is 5.56 Å². The highest BCUT2D eigenvalue weighted by Crippen LogP contribution is 2.29. The van der Waals surface area contributed by atoms with E-state index in [1.807, 2.05) is 43.3 Å². The number of hydrogen-bond acceptors (Lipinski definition) is 3. The molecule has 0 bridgehead atoms. The Morgan fingerprint density at radius 3 is 2.50 bits per heavy atom. The molecule has 5 nitrogen and oxygen atoms in total. The van der Waals surface area contributed by atoms with Crippen molar-refractivity contribution in [1.82, 2.24) is 19.2 Å². The fraction of sp³-hybridized carbons (Fsp3) is 0.125. The fourth-order valence-corrected chi connectivity index (χ4v) is 3.82. The molecule has 0 fully saturated rings. The summed E-state index contributed by atoms with van der Waals surface area (Å²) in [4.78, 5) is 17.7. The summed E-state index contributed by atoms with van der Waals surface area (Å²) in [5.74, 6) is -0.286. The molecule has 5 aromatic rings. The molecule has 0 unspecified atom stereocenters. The van der Waals surface area contributed by atoms with Crippen LogP contribution in [0.5, 0.6) is 0 Å². The lowest BCUT2D eigenvalue weighted by atomic mass is 10.0. The molecule has 3 aromatic heterocycles. The molecule has 0 N–H and O–H groups in total. The lowest BCUT2D eigenvalue weighted by Crippen LogP contribution is -2.21. The highest BCUT2D eigenvalue weighted by molar-refractivity contribution is 5.86. The third-order valence-corrected chi connectivity index (χ3v) is 5.32. The summed E-state index contributed by atoms with van der Waals surface area (Å²) in [5, 5.41) is 5.24. The van der Waals surface area contributed by atoms with E-state index in [1.54, 1.807) is 33.6 Å². The predicted octanol–water partition coefficient (Wildman–Crippen LogP) is 4.46. The first kappa shape index (κ1) is 18.2. The average molecular weight is 398 g/mol. The number of rotatable bonds is 4. The van der Waals surface area contributed by atoms with Crippen LogP contribution in [0.3, 0.4) is 0 Å². The van der Waals surface area contributed by atoms with E-state index in [0.717, 1.165) is 22.4 Å². The number of nitrogens with zero attached hydrogens (tertiary/aromatic N) is 4. The van der Waals surface area contributed by atoms with Gasteiger partial charge in [-0.1, -0.05) is 49.4 Å². The van der Waals surface area contributed by atoms with Crippen molar-refractivity contribution in [2.24, 2.45) is 0 Å². The zero-order chi connectivity index (χ0) is 20.7. The second-order valence-electron chi connectivity index (χ2n) is 7.21. The minimum atomic E-state index is -0.286. The highest BCUT2D eigenvalue weighted by atomic mass is 19.1. The summed E-state index contributed by atoms with van der Waals surface area (Å²) in [6.07, 6.45) is 4.10. The largest absolute Gasteiger partial charge is 0.310 e. The lowest BCUT2D eigenvalue weighted by molar-refractivity contribution is 0.628. The maximum Gasteiger partial charge on any atom is 0.261 e. The molecule has 2 aromatic carbocycles. The summed E-state index contributed by atoms with van der Waals surface area (Å²) in [7, 11) is 0. The van der Waals surface area contributed by atoms with Crippen LogP contribution in [0.2, 0.25) is 0 Å². The van der Waals surface area contributed by atoms with Crippen molar-refractivity contribution < 1.29 is 4.39 Å². The fourth-order valence-electron chi connectivity index (χ4n) is 3.82. The van der Waals surface area contributed by atoms with Gasteiger partial charge in [-0.25, -0.2) is 13.9 Å². The number of aryl methyl sites for hydroxylation is 1. The summed E-state index contributed by atoms with van der Waals surface area (Å²) in [5.41, 5.74) is 4.89. The SMILES string of the molecule is CCc1nn2c(ncc3c(=O)n(Cc4ccccc4)ccc32)c1-c1ccc(F)cc1. The number of fused-ring (bicyclic) bond motifs is 3. The maximum absolute atomic E-state index is 13.4. The van der Waals surface area contributed by atoms with Crippen molar-refractivity contribution in [1.29, 1.82) is 0 Å². The maximum atomic E-state index is 13.4. The van der Waals surface area contributed by atoms with Crippen LogP contribution in [0.25, 0.3) is 27.7 Å². The molecule has 5 rings (SSSR count). The second-order valence-corrected chi connectivity index (χ2v) is 7.21. The Hall–Kier alpha value is -3.80. The van der Waals surface area contributed by atoms with Crippen LogP contribution in [-0.2, 0) is 13.0 Å². The Bertz CT molecular complexity index is 1420. The zero-order valence-electron chi connectivity index (χ0n) is 16.4. The Kier molecular flexibility index (Phi) is 4.39. The normalized spacial score (nSPS) is 11.4. The molecule has 3 heterocycles. The van der Waals surface area contributed by atoms with Gasteiger partial charge in [-0.15, -0.1) is 0 Å². The smallest absolute Gasteiger partial charge is 0.261 e. The molecule has 0 aliphatic carbocycles. The van der Waals surface area contributed by atoms with Crippen LogP contribution in [-0.4, -0.2) is 19.2 Å². The van der Waals surface area contributed by atoms with Gasteiger partial charge in [0.25, 0.3) is 5.56 Å². The van der Waals surface area contributed by atoms with Gasteiger partial charge in [0.1, 0.15) is 5.82 Å². The van der Waals surface area contributed by atoms with E-state index < -0.39 is 0 Å². The molecular weight excluding hydrogens is 379 g/mol. The minimum Gasteiger partial charge on any atom is -0.310 e.